The summed E-state index contributed by atoms with van der Waals surface area (Å²) >= 11 is 6.01. The first-order valence-electron chi connectivity index (χ1n) is 11.5. The van der Waals surface area contributed by atoms with Crippen molar-refractivity contribution in [2.75, 3.05) is 19.6 Å². The summed E-state index contributed by atoms with van der Waals surface area (Å²) in [6.45, 7) is 0.0645. The van der Waals surface area contributed by atoms with Crippen LogP contribution in [-0.4, -0.2) is 52.4 Å². The van der Waals surface area contributed by atoms with E-state index in [1.165, 1.54) is 4.68 Å². The van der Waals surface area contributed by atoms with Crippen LogP contribution in [0.3, 0.4) is 0 Å². The first-order chi connectivity index (χ1) is 16.7. The molecule has 0 bridgehead atoms. The second-order valence-electron chi connectivity index (χ2n) is 8.76. The minimum atomic E-state index is -4.43. The Hall–Kier alpha value is -2.91. The molecule has 1 aliphatic heterocycles. The number of hydrogen-bond donors (Lipinski definition) is 1. The molecule has 1 unspecified atom stereocenters. The van der Waals surface area contributed by atoms with Gasteiger partial charge in [-0.15, -0.1) is 0 Å². The molecule has 6 nitrogen and oxygen atoms in total. The van der Waals surface area contributed by atoms with E-state index in [-0.39, 0.29) is 18.0 Å². The molecule has 4 rings (SSSR count). The molecule has 1 N–H and O–H groups in total. The van der Waals surface area contributed by atoms with Crippen LogP contribution in [0, 0.1) is 0 Å². The monoisotopic (exact) mass is 506 g/mol. The van der Waals surface area contributed by atoms with Gasteiger partial charge >= 0.3 is 6.18 Å². The number of halogens is 4. The SMILES string of the molecule is O=C(CCN1CCCC1Cn1nc(Cc2ccc(Cl)cc2)c2ccccc2c1=O)NCC(F)(F)F. The summed E-state index contributed by atoms with van der Waals surface area (Å²) in [5.74, 6) is -0.640. The molecule has 1 fully saturated rings. The Balaban J connectivity index is 1.51. The Morgan fingerprint density at radius 3 is 2.54 bits per heavy atom. The van der Waals surface area contributed by atoms with Gasteiger partial charge in [0.1, 0.15) is 6.54 Å². The van der Waals surface area contributed by atoms with E-state index in [1.807, 2.05) is 47.8 Å². The molecule has 2 aromatic carbocycles. The van der Waals surface area contributed by atoms with Crippen molar-refractivity contribution in [2.45, 2.75) is 44.4 Å². The third-order valence-electron chi connectivity index (χ3n) is 6.22. The lowest BCUT2D eigenvalue weighted by Crippen LogP contribution is -2.40. The molecule has 186 valence electrons. The number of amides is 1. The van der Waals surface area contributed by atoms with Gasteiger partial charge in [0.05, 0.1) is 17.6 Å². The molecule has 35 heavy (non-hydrogen) atoms. The highest BCUT2D eigenvalue weighted by Gasteiger charge is 2.29. The van der Waals surface area contributed by atoms with E-state index >= 15 is 0 Å². The summed E-state index contributed by atoms with van der Waals surface area (Å²) in [4.78, 5) is 27.1. The van der Waals surface area contributed by atoms with Crippen molar-refractivity contribution >= 4 is 28.3 Å². The van der Waals surface area contributed by atoms with Crippen molar-refractivity contribution in [2.24, 2.45) is 0 Å². The number of benzene rings is 2. The lowest BCUT2D eigenvalue weighted by molar-refractivity contribution is -0.138. The number of nitrogens with one attached hydrogen (secondary N) is 1. The van der Waals surface area contributed by atoms with E-state index < -0.39 is 18.6 Å². The highest BCUT2D eigenvalue weighted by molar-refractivity contribution is 6.30. The van der Waals surface area contributed by atoms with Crippen LogP contribution in [0.5, 0.6) is 0 Å². The van der Waals surface area contributed by atoms with Gasteiger partial charge in [-0.2, -0.15) is 18.3 Å². The van der Waals surface area contributed by atoms with E-state index in [4.69, 9.17) is 16.7 Å². The molecular weight excluding hydrogens is 481 g/mol. The summed E-state index contributed by atoms with van der Waals surface area (Å²) in [6.07, 6.45) is -2.23. The van der Waals surface area contributed by atoms with Gasteiger partial charge in [-0.1, -0.05) is 41.9 Å². The Labute approximate surface area is 205 Å². The van der Waals surface area contributed by atoms with E-state index in [0.717, 1.165) is 36.0 Å². The van der Waals surface area contributed by atoms with Crippen molar-refractivity contribution < 1.29 is 18.0 Å². The topological polar surface area (TPSA) is 67.2 Å². The number of carbonyl (C=O) groups is 1. The number of fused-ring (bicyclic) bond motifs is 1. The molecule has 3 aromatic rings. The van der Waals surface area contributed by atoms with Gasteiger partial charge < -0.3 is 5.32 Å². The Morgan fingerprint density at radius 1 is 1.11 bits per heavy atom. The summed E-state index contributed by atoms with van der Waals surface area (Å²) in [7, 11) is 0. The molecule has 0 radical (unpaired) electrons. The van der Waals surface area contributed by atoms with Crippen LogP contribution < -0.4 is 10.9 Å². The maximum Gasteiger partial charge on any atom is 0.405 e. The number of rotatable bonds is 8. The van der Waals surface area contributed by atoms with Gasteiger partial charge in [-0.05, 0) is 43.1 Å². The lowest BCUT2D eigenvalue weighted by atomic mass is 10.0. The fourth-order valence-corrected chi connectivity index (χ4v) is 4.61. The molecule has 1 aliphatic rings. The maximum absolute atomic E-state index is 13.2. The molecule has 1 amide bonds. The molecule has 1 atom stereocenters. The summed E-state index contributed by atoms with van der Waals surface area (Å²) < 4.78 is 38.5. The van der Waals surface area contributed by atoms with Crippen molar-refractivity contribution in [1.29, 1.82) is 0 Å². The first kappa shape index (κ1) is 25.2. The first-order valence-corrected chi connectivity index (χ1v) is 11.9. The summed E-state index contributed by atoms with van der Waals surface area (Å²) in [5, 5.41) is 8.64. The van der Waals surface area contributed by atoms with Crippen molar-refractivity contribution in [3.8, 4) is 0 Å². The number of hydrogen-bond acceptors (Lipinski definition) is 4. The minimum absolute atomic E-state index is 0.0276. The summed E-state index contributed by atoms with van der Waals surface area (Å²) in [6, 6.07) is 14.8. The van der Waals surface area contributed by atoms with Crippen LogP contribution in [-0.2, 0) is 17.8 Å². The van der Waals surface area contributed by atoms with Gasteiger partial charge in [0.25, 0.3) is 5.56 Å². The number of carbonyl (C=O) groups excluding carboxylic acids is 1. The normalized spacial score (nSPS) is 16.6. The number of aromatic nitrogens is 2. The van der Waals surface area contributed by atoms with Crippen LogP contribution in [0.25, 0.3) is 10.8 Å². The van der Waals surface area contributed by atoms with E-state index in [1.54, 1.807) is 6.07 Å². The number of alkyl halides is 3. The number of likely N-dealkylation sites (tertiary alicyclic amines) is 1. The van der Waals surface area contributed by atoms with Crippen LogP contribution in [0.1, 0.15) is 30.5 Å². The van der Waals surface area contributed by atoms with Crippen LogP contribution in [0.2, 0.25) is 5.02 Å². The Bertz CT molecular complexity index is 1240. The van der Waals surface area contributed by atoms with Gasteiger partial charge in [0.15, 0.2) is 0 Å². The molecule has 1 saturated heterocycles. The van der Waals surface area contributed by atoms with Crippen molar-refractivity contribution in [3.05, 3.63) is 75.2 Å². The molecule has 0 aliphatic carbocycles. The van der Waals surface area contributed by atoms with Gasteiger partial charge in [-0.25, -0.2) is 4.68 Å². The summed E-state index contributed by atoms with van der Waals surface area (Å²) in [5.41, 5.74) is 1.61. The van der Waals surface area contributed by atoms with Gasteiger partial charge in [0.2, 0.25) is 5.91 Å². The predicted octanol–water partition coefficient (Wildman–Crippen LogP) is 4.17. The maximum atomic E-state index is 13.2. The third-order valence-corrected chi connectivity index (χ3v) is 6.48. The molecule has 10 heteroatoms. The van der Waals surface area contributed by atoms with E-state index in [0.29, 0.717) is 29.9 Å². The predicted molar refractivity (Wildman–Crippen MR) is 129 cm³/mol. The Morgan fingerprint density at radius 2 is 1.83 bits per heavy atom. The zero-order valence-corrected chi connectivity index (χ0v) is 19.8. The van der Waals surface area contributed by atoms with E-state index in [2.05, 4.69) is 4.90 Å². The zero-order valence-electron chi connectivity index (χ0n) is 19.0. The van der Waals surface area contributed by atoms with Crippen LogP contribution >= 0.6 is 11.6 Å². The largest absolute Gasteiger partial charge is 0.405 e. The highest BCUT2D eigenvalue weighted by Crippen LogP contribution is 2.21. The van der Waals surface area contributed by atoms with Crippen LogP contribution in [0.4, 0.5) is 13.2 Å². The smallest absolute Gasteiger partial charge is 0.347 e. The second kappa shape index (κ2) is 10.8. The highest BCUT2D eigenvalue weighted by atomic mass is 35.5. The molecule has 2 heterocycles. The average molecular weight is 507 g/mol. The quantitative estimate of drug-likeness (QED) is 0.498. The van der Waals surface area contributed by atoms with Gasteiger partial charge in [0, 0.05) is 35.8 Å². The fourth-order valence-electron chi connectivity index (χ4n) is 4.48. The third kappa shape index (κ3) is 6.61. The Kier molecular flexibility index (Phi) is 7.76. The van der Waals surface area contributed by atoms with Crippen LogP contribution in [0.15, 0.2) is 53.3 Å². The van der Waals surface area contributed by atoms with Crippen molar-refractivity contribution in [1.82, 2.24) is 20.0 Å². The van der Waals surface area contributed by atoms with E-state index in [9.17, 15) is 22.8 Å². The molecule has 0 saturated carbocycles. The standard InChI is InChI=1S/C25H26ClF3N4O2/c26-18-9-7-17(8-10-18)14-22-20-5-1-2-6-21(20)24(35)33(31-22)15-19-4-3-12-32(19)13-11-23(34)30-16-25(27,28)29/h1-2,5-10,19H,3-4,11-16H2,(H,30,34). The number of nitrogens with zero attached hydrogens (tertiary/aromatic N) is 3. The lowest BCUT2D eigenvalue weighted by Gasteiger charge is -2.25. The fraction of sp³-hybridized carbons (Fsp3) is 0.400. The molecular formula is C25H26ClF3N4O2. The minimum Gasteiger partial charge on any atom is -0.347 e. The zero-order chi connectivity index (χ0) is 25.0. The molecule has 1 aromatic heterocycles. The van der Waals surface area contributed by atoms with Crippen molar-refractivity contribution in [3.63, 3.8) is 0 Å². The average Bonchev–Trinajstić information content (AvgIpc) is 3.27. The van der Waals surface area contributed by atoms with Gasteiger partial charge in [-0.3, -0.25) is 14.5 Å². The second-order valence-corrected chi connectivity index (χ2v) is 9.19. The molecule has 0 spiro atoms.